The third-order valence-electron chi connectivity index (χ3n) is 1.62. The zero-order valence-electron chi connectivity index (χ0n) is 5.64. The van der Waals surface area contributed by atoms with Crippen LogP contribution in [0.5, 0.6) is 0 Å². The average molecular weight is 372 g/mol. The van der Waals surface area contributed by atoms with Crippen LogP contribution in [0.25, 0.3) is 6.08 Å². The molecule has 2 heterocycles. The summed E-state index contributed by atoms with van der Waals surface area (Å²) in [5.41, 5.74) is 1.04. The van der Waals surface area contributed by atoms with Crippen LogP contribution in [0.3, 0.4) is 0 Å². The Bertz CT molecular complexity index is 380. The number of aromatic amines is 1. The second-order valence-electron chi connectivity index (χ2n) is 2.42. The van der Waals surface area contributed by atoms with Gasteiger partial charge in [0.05, 0.1) is 6.54 Å². The minimum Gasteiger partial charge on any atom is -0.345 e. The smallest absolute Gasteiger partial charge is 0.133 e. The fourth-order valence-corrected chi connectivity index (χ4v) is 2.25. The molecule has 0 saturated carbocycles. The first-order valence-electron chi connectivity index (χ1n) is 3.30. The SMILES string of the molecule is Ic1c[nH]c2c1=C[C@@H](I)CN=2. The third-order valence-corrected chi connectivity index (χ3v) is 3.27. The zero-order valence-corrected chi connectivity index (χ0v) is 9.96. The Labute approximate surface area is 91.5 Å². The van der Waals surface area contributed by atoms with Crippen LogP contribution in [0.4, 0.5) is 0 Å². The van der Waals surface area contributed by atoms with Crippen molar-refractivity contribution >= 4 is 51.3 Å². The van der Waals surface area contributed by atoms with Crippen molar-refractivity contribution < 1.29 is 0 Å². The molecule has 4 heteroatoms. The highest BCUT2D eigenvalue weighted by Crippen LogP contribution is 2.04. The van der Waals surface area contributed by atoms with Crippen molar-refractivity contribution in [2.75, 3.05) is 6.54 Å². The molecule has 0 aromatic carbocycles. The molecule has 0 fully saturated rings. The normalized spacial score (nSPS) is 21.8. The van der Waals surface area contributed by atoms with Crippen molar-refractivity contribution in [3.63, 3.8) is 0 Å². The van der Waals surface area contributed by atoms with Gasteiger partial charge < -0.3 is 4.98 Å². The highest BCUT2D eigenvalue weighted by Gasteiger charge is 2.06. The maximum Gasteiger partial charge on any atom is 0.133 e. The number of alkyl halides is 1. The summed E-state index contributed by atoms with van der Waals surface area (Å²) in [6.07, 6.45) is 4.26. The predicted molar refractivity (Wildman–Crippen MR) is 61.4 cm³/mol. The van der Waals surface area contributed by atoms with Gasteiger partial charge in [-0.25, -0.2) is 0 Å². The summed E-state index contributed by atoms with van der Waals surface area (Å²) in [4.78, 5) is 7.53. The highest BCUT2D eigenvalue weighted by atomic mass is 127. The molecule has 1 aliphatic heterocycles. The van der Waals surface area contributed by atoms with E-state index in [9.17, 15) is 0 Å². The number of hydrogen-bond donors (Lipinski definition) is 1. The lowest BCUT2D eigenvalue weighted by Crippen LogP contribution is -2.31. The molecule has 2 nitrogen and oxygen atoms in total. The number of nitrogens with zero attached hydrogens (tertiary/aromatic N) is 1. The molecule has 1 aromatic heterocycles. The van der Waals surface area contributed by atoms with E-state index in [0.29, 0.717) is 3.92 Å². The molecule has 1 aliphatic rings. The van der Waals surface area contributed by atoms with E-state index in [1.54, 1.807) is 0 Å². The van der Waals surface area contributed by atoms with E-state index in [1.165, 1.54) is 8.79 Å². The summed E-state index contributed by atoms with van der Waals surface area (Å²) >= 11 is 4.72. The lowest BCUT2D eigenvalue weighted by Gasteiger charge is -2.01. The Morgan fingerprint density at radius 3 is 3.27 bits per heavy atom. The van der Waals surface area contributed by atoms with Crippen LogP contribution in [0.1, 0.15) is 0 Å². The van der Waals surface area contributed by atoms with Gasteiger partial charge in [0.15, 0.2) is 0 Å². The van der Waals surface area contributed by atoms with Gasteiger partial charge in [-0.2, -0.15) is 0 Å². The van der Waals surface area contributed by atoms with Gasteiger partial charge in [-0.15, -0.1) is 0 Å². The lowest BCUT2D eigenvalue weighted by atomic mass is 10.3. The van der Waals surface area contributed by atoms with Gasteiger partial charge in [-0.05, 0) is 22.6 Å². The van der Waals surface area contributed by atoms with Crippen LogP contribution in [0.2, 0.25) is 0 Å². The molecule has 1 N–H and O–H groups in total. The van der Waals surface area contributed by atoms with E-state index in [-0.39, 0.29) is 0 Å². The van der Waals surface area contributed by atoms with Crippen molar-refractivity contribution in [3.8, 4) is 0 Å². The lowest BCUT2D eigenvalue weighted by molar-refractivity contribution is 0.963. The highest BCUT2D eigenvalue weighted by molar-refractivity contribution is 14.1. The summed E-state index contributed by atoms with van der Waals surface area (Å²) in [5, 5.41) is 1.27. The summed E-state index contributed by atoms with van der Waals surface area (Å²) in [7, 11) is 0. The molecule has 1 aromatic rings. The van der Waals surface area contributed by atoms with Gasteiger partial charge in [0.1, 0.15) is 5.49 Å². The van der Waals surface area contributed by atoms with Gasteiger partial charge in [-0.1, -0.05) is 28.7 Å². The number of halogens is 2. The Balaban J connectivity index is 2.77. The maximum absolute atomic E-state index is 4.40. The monoisotopic (exact) mass is 372 g/mol. The molecule has 1 atom stereocenters. The second kappa shape index (κ2) is 3.04. The molecule has 0 amide bonds. The summed E-state index contributed by atoms with van der Waals surface area (Å²) < 4.78 is 1.83. The molecular formula is C7H6I2N2. The number of aromatic nitrogens is 1. The maximum atomic E-state index is 4.40. The number of nitrogens with one attached hydrogen (secondary N) is 1. The number of rotatable bonds is 0. The standard InChI is InChI=1S/C7H6I2N2/c8-4-1-5-6(9)3-11-7(5)10-2-4/h1,3-4H,2H2,(H,10,11)/t4-/m1/s1. The number of fused-ring (bicyclic) bond motifs is 1. The molecule has 0 radical (unpaired) electrons. The Hall–Kier alpha value is 0.410. The van der Waals surface area contributed by atoms with Crippen molar-refractivity contribution in [2.45, 2.75) is 3.92 Å². The molecule has 11 heavy (non-hydrogen) atoms. The van der Waals surface area contributed by atoms with Crippen molar-refractivity contribution in [2.24, 2.45) is 4.99 Å². The molecule has 0 unspecified atom stereocenters. The van der Waals surface area contributed by atoms with E-state index >= 15 is 0 Å². The van der Waals surface area contributed by atoms with Gasteiger partial charge in [0.25, 0.3) is 0 Å². The van der Waals surface area contributed by atoms with Crippen molar-refractivity contribution in [1.29, 1.82) is 0 Å². The molecule has 2 rings (SSSR count). The second-order valence-corrected chi connectivity index (χ2v) is 5.18. The van der Waals surface area contributed by atoms with Crippen LogP contribution in [-0.2, 0) is 0 Å². The van der Waals surface area contributed by atoms with Crippen molar-refractivity contribution in [1.82, 2.24) is 4.98 Å². The first-order chi connectivity index (χ1) is 5.27. The first kappa shape index (κ1) is 8.03. The fraction of sp³-hybridized carbons (Fsp3) is 0.286. The molecular weight excluding hydrogens is 366 g/mol. The van der Waals surface area contributed by atoms with Gasteiger partial charge in [0, 0.05) is 18.9 Å². The van der Waals surface area contributed by atoms with Crippen LogP contribution >= 0.6 is 45.2 Å². The number of H-pyrrole nitrogens is 1. The molecule has 0 aliphatic carbocycles. The van der Waals surface area contributed by atoms with Gasteiger partial charge in [-0.3, -0.25) is 4.99 Å². The van der Waals surface area contributed by atoms with Gasteiger partial charge in [0.2, 0.25) is 0 Å². The third kappa shape index (κ3) is 1.47. The average Bonchev–Trinajstić information content (AvgIpc) is 2.33. The summed E-state index contributed by atoms with van der Waals surface area (Å²) in [6.45, 7) is 0.907. The minimum atomic E-state index is 0.560. The van der Waals surface area contributed by atoms with E-state index in [1.807, 2.05) is 6.20 Å². The van der Waals surface area contributed by atoms with E-state index in [2.05, 4.69) is 61.2 Å². The summed E-state index contributed by atoms with van der Waals surface area (Å²) in [5.74, 6) is 0. The zero-order chi connectivity index (χ0) is 7.84. The van der Waals surface area contributed by atoms with E-state index < -0.39 is 0 Å². The Morgan fingerprint density at radius 1 is 1.64 bits per heavy atom. The van der Waals surface area contributed by atoms with Crippen LogP contribution in [-0.4, -0.2) is 15.5 Å². The molecule has 0 bridgehead atoms. The Morgan fingerprint density at radius 2 is 2.45 bits per heavy atom. The van der Waals surface area contributed by atoms with Gasteiger partial charge >= 0.3 is 0 Å². The molecule has 58 valence electrons. The molecule has 0 spiro atoms. The molecule has 0 saturated heterocycles. The topological polar surface area (TPSA) is 28.1 Å². The van der Waals surface area contributed by atoms with Crippen molar-refractivity contribution in [3.05, 3.63) is 20.5 Å². The largest absolute Gasteiger partial charge is 0.345 e. The quantitative estimate of drug-likeness (QED) is 0.517. The van der Waals surface area contributed by atoms with Crippen LogP contribution in [0.15, 0.2) is 11.2 Å². The number of hydrogen-bond acceptors (Lipinski definition) is 1. The predicted octanol–water partition coefficient (Wildman–Crippen LogP) is 0.837. The summed E-state index contributed by atoms with van der Waals surface area (Å²) in [6, 6.07) is 0. The minimum absolute atomic E-state index is 0.560. The van der Waals surface area contributed by atoms with E-state index in [4.69, 9.17) is 0 Å². The Kier molecular flexibility index (Phi) is 2.22. The van der Waals surface area contributed by atoms with Crippen LogP contribution in [0, 0.1) is 3.57 Å². The van der Waals surface area contributed by atoms with E-state index in [0.717, 1.165) is 12.0 Å². The first-order valence-corrected chi connectivity index (χ1v) is 5.63. The van der Waals surface area contributed by atoms with Crippen LogP contribution < -0.4 is 10.7 Å². The fourth-order valence-electron chi connectivity index (χ4n) is 1.10.